The third-order valence-corrected chi connectivity index (χ3v) is 5.01. The van der Waals surface area contributed by atoms with Gasteiger partial charge >= 0.3 is 0 Å². The minimum atomic E-state index is -3.42. The van der Waals surface area contributed by atoms with Gasteiger partial charge in [-0.3, -0.25) is 4.72 Å². The molecule has 4 nitrogen and oxygen atoms in total. The van der Waals surface area contributed by atoms with Gasteiger partial charge in [0.05, 0.1) is 21.5 Å². The highest BCUT2D eigenvalue weighted by Crippen LogP contribution is 2.34. The van der Waals surface area contributed by atoms with Gasteiger partial charge in [0.25, 0.3) is 0 Å². The summed E-state index contributed by atoms with van der Waals surface area (Å²) >= 11 is 11.5. The van der Waals surface area contributed by atoms with Crippen LogP contribution in [-0.2, 0) is 10.0 Å². The van der Waals surface area contributed by atoms with Crippen molar-refractivity contribution in [1.82, 2.24) is 0 Å². The lowest BCUT2D eigenvalue weighted by molar-refractivity contribution is 0.476. The molecular formula is C14H21Cl2NO3S. The Balaban J connectivity index is 2.49. The standard InChI is InChI=1S/C14H21Cl2NO3S/c1-2-3-4-5-6-7-8-21(19,20)17-11-9-12(15)14(18)13(16)10-11/h9-10,17-18H,2-8H2,1H3. The number of hydrogen-bond acceptors (Lipinski definition) is 3. The van der Waals surface area contributed by atoms with Gasteiger partial charge in [-0.1, -0.05) is 62.2 Å². The zero-order chi connectivity index (χ0) is 15.9. The Hall–Kier alpha value is -0.650. The number of phenolic OH excluding ortho intramolecular Hbond substituents is 1. The van der Waals surface area contributed by atoms with Gasteiger partial charge in [-0.05, 0) is 18.6 Å². The zero-order valence-corrected chi connectivity index (χ0v) is 14.4. The van der Waals surface area contributed by atoms with E-state index in [4.69, 9.17) is 23.2 Å². The Labute approximate surface area is 136 Å². The highest BCUT2D eigenvalue weighted by atomic mass is 35.5. The summed E-state index contributed by atoms with van der Waals surface area (Å²) < 4.78 is 26.3. The maximum atomic E-state index is 11.9. The number of sulfonamides is 1. The van der Waals surface area contributed by atoms with Crippen LogP contribution in [0.2, 0.25) is 10.0 Å². The van der Waals surface area contributed by atoms with Gasteiger partial charge in [0.1, 0.15) is 0 Å². The summed E-state index contributed by atoms with van der Waals surface area (Å²) in [6.45, 7) is 2.14. The van der Waals surface area contributed by atoms with E-state index in [-0.39, 0.29) is 27.2 Å². The number of halogens is 2. The summed E-state index contributed by atoms with van der Waals surface area (Å²) in [7, 11) is -3.42. The molecule has 0 spiro atoms. The van der Waals surface area contributed by atoms with Crippen LogP contribution in [0.4, 0.5) is 5.69 Å². The van der Waals surface area contributed by atoms with Crippen LogP contribution in [-0.4, -0.2) is 19.3 Å². The van der Waals surface area contributed by atoms with Crippen LogP contribution in [0.3, 0.4) is 0 Å². The summed E-state index contributed by atoms with van der Waals surface area (Å²) in [5, 5.41) is 9.46. The van der Waals surface area contributed by atoms with Gasteiger partial charge in [0.2, 0.25) is 10.0 Å². The van der Waals surface area contributed by atoms with E-state index in [9.17, 15) is 13.5 Å². The van der Waals surface area contributed by atoms with E-state index in [1.807, 2.05) is 0 Å². The van der Waals surface area contributed by atoms with Gasteiger partial charge in [-0.2, -0.15) is 0 Å². The fourth-order valence-electron chi connectivity index (χ4n) is 1.93. The van der Waals surface area contributed by atoms with Crippen molar-refractivity contribution in [3.8, 4) is 5.75 Å². The molecule has 1 aromatic carbocycles. The Morgan fingerprint density at radius 1 is 1.05 bits per heavy atom. The number of nitrogens with one attached hydrogen (secondary N) is 1. The molecule has 1 aromatic rings. The van der Waals surface area contributed by atoms with Gasteiger partial charge < -0.3 is 5.11 Å². The highest BCUT2D eigenvalue weighted by molar-refractivity contribution is 7.92. The molecule has 0 aromatic heterocycles. The predicted octanol–water partition coefficient (Wildman–Crippen LogP) is 4.80. The van der Waals surface area contributed by atoms with Crippen LogP contribution in [0, 0.1) is 0 Å². The lowest BCUT2D eigenvalue weighted by Crippen LogP contribution is -2.16. The Morgan fingerprint density at radius 2 is 1.57 bits per heavy atom. The topological polar surface area (TPSA) is 66.4 Å². The highest BCUT2D eigenvalue weighted by Gasteiger charge is 2.13. The van der Waals surface area contributed by atoms with Crippen molar-refractivity contribution in [2.24, 2.45) is 0 Å². The number of hydrogen-bond donors (Lipinski definition) is 2. The summed E-state index contributed by atoms with van der Waals surface area (Å²) in [6.07, 6.45) is 6.09. The number of anilines is 1. The van der Waals surface area contributed by atoms with Crippen molar-refractivity contribution >= 4 is 38.9 Å². The largest absolute Gasteiger partial charge is 0.505 e. The van der Waals surface area contributed by atoms with E-state index in [1.54, 1.807) is 0 Å². The fraction of sp³-hybridized carbons (Fsp3) is 0.571. The van der Waals surface area contributed by atoms with Crippen molar-refractivity contribution < 1.29 is 13.5 Å². The third kappa shape index (κ3) is 6.76. The first-order valence-electron chi connectivity index (χ1n) is 7.04. The number of unbranched alkanes of at least 4 members (excludes halogenated alkanes) is 5. The number of aromatic hydroxyl groups is 1. The van der Waals surface area contributed by atoms with Crippen LogP contribution in [0.25, 0.3) is 0 Å². The molecule has 0 aliphatic heterocycles. The molecule has 0 heterocycles. The van der Waals surface area contributed by atoms with Gasteiger partial charge in [-0.15, -0.1) is 0 Å². The smallest absolute Gasteiger partial charge is 0.232 e. The van der Waals surface area contributed by atoms with Crippen molar-refractivity contribution in [2.45, 2.75) is 45.4 Å². The first-order chi connectivity index (χ1) is 9.85. The molecule has 0 fully saturated rings. The van der Waals surface area contributed by atoms with Crippen LogP contribution in [0.15, 0.2) is 12.1 Å². The number of phenols is 1. The van der Waals surface area contributed by atoms with E-state index in [0.29, 0.717) is 6.42 Å². The summed E-state index contributed by atoms with van der Waals surface area (Å²) in [4.78, 5) is 0. The molecular weight excluding hydrogens is 333 g/mol. The average Bonchev–Trinajstić information content (AvgIpc) is 2.39. The fourth-order valence-corrected chi connectivity index (χ4v) is 3.58. The number of rotatable bonds is 9. The lowest BCUT2D eigenvalue weighted by atomic mass is 10.1. The normalized spacial score (nSPS) is 11.6. The Kier molecular flexibility index (Phi) is 7.63. The molecule has 0 aliphatic carbocycles. The third-order valence-electron chi connectivity index (χ3n) is 3.06. The Morgan fingerprint density at radius 3 is 2.14 bits per heavy atom. The summed E-state index contributed by atoms with van der Waals surface area (Å²) in [6, 6.07) is 2.67. The Bertz CT molecular complexity index is 538. The van der Waals surface area contributed by atoms with Crippen LogP contribution >= 0.6 is 23.2 Å². The van der Waals surface area contributed by atoms with E-state index >= 15 is 0 Å². The minimum Gasteiger partial charge on any atom is -0.505 e. The van der Waals surface area contributed by atoms with Crippen LogP contribution in [0.5, 0.6) is 5.75 Å². The summed E-state index contributed by atoms with van der Waals surface area (Å²) in [5.41, 5.74) is 0.258. The molecule has 0 unspecified atom stereocenters. The van der Waals surface area contributed by atoms with E-state index in [2.05, 4.69) is 11.6 Å². The van der Waals surface area contributed by atoms with Crippen molar-refractivity contribution in [1.29, 1.82) is 0 Å². The molecule has 0 saturated carbocycles. The van der Waals surface area contributed by atoms with Crippen molar-refractivity contribution in [2.75, 3.05) is 10.5 Å². The van der Waals surface area contributed by atoms with Crippen molar-refractivity contribution in [3.05, 3.63) is 22.2 Å². The molecule has 0 aliphatic rings. The first-order valence-corrected chi connectivity index (χ1v) is 9.45. The van der Waals surface area contributed by atoms with E-state index < -0.39 is 10.0 Å². The van der Waals surface area contributed by atoms with Gasteiger partial charge in [-0.25, -0.2) is 8.42 Å². The predicted molar refractivity (Wildman–Crippen MR) is 88.9 cm³/mol. The quantitative estimate of drug-likeness (QED) is 0.494. The van der Waals surface area contributed by atoms with E-state index in [0.717, 1.165) is 19.3 Å². The zero-order valence-electron chi connectivity index (χ0n) is 12.0. The molecule has 21 heavy (non-hydrogen) atoms. The molecule has 0 amide bonds. The van der Waals surface area contributed by atoms with Crippen LogP contribution < -0.4 is 4.72 Å². The molecule has 0 saturated heterocycles. The molecule has 120 valence electrons. The molecule has 0 atom stereocenters. The van der Waals surface area contributed by atoms with Gasteiger partial charge in [0, 0.05) is 0 Å². The molecule has 1 rings (SSSR count). The lowest BCUT2D eigenvalue weighted by Gasteiger charge is -2.10. The second-order valence-corrected chi connectivity index (χ2v) is 7.63. The molecule has 0 bridgehead atoms. The maximum absolute atomic E-state index is 11.9. The van der Waals surface area contributed by atoms with E-state index in [1.165, 1.54) is 25.0 Å². The monoisotopic (exact) mass is 353 g/mol. The maximum Gasteiger partial charge on any atom is 0.232 e. The molecule has 7 heteroatoms. The molecule has 0 radical (unpaired) electrons. The average molecular weight is 354 g/mol. The van der Waals surface area contributed by atoms with Gasteiger partial charge in [0.15, 0.2) is 5.75 Å². The van der Waals surface area contributed by atoms with Crippen LogP contribution in [0.1, 0.15) is 45.4 Å². The summed E-state index contributed by atoms with van der Waals surface area (Å²) in [5.74, 6) is -0.188. The van der Waals surface area contributed by atoms with Crippen molar-refractivity contribution in [3.63, 3.8) is 0 Å². The second-order valence-electron chi connectivity index (χ2n) is 4.98. The second kappa shape index (κ2) is 8.71. The number of benzene rings is 1. The minimum absolute atomic E-state index is 0.0137. The molecule has 2 N–H and O–H groups in total. The SMILES string of the molecule is CCCCCCCCS(=O)(=O)Nc1cc(Cl)c(O)c(Cl)c1. The first kappa shape index (κ1) is 18.4.